The molecule has 3 aliphatic rings. The molecule has 0 bridgehead atoms. The molecule has 0 radical (unpaired) electrons. The summed E-state index contributed by atoms with van der Waals surface area (Å²) in [5.74, 6) is -3.92. The number of halogens is 5. The second-order valence-electron chi connectivity index (χ2n) is 11.1. The molecule has 2 atom stereocenters. The molecule has 2 aliphatic carbocycles. The van der Waals surface area contributed by atoms with Gasteiger partial charge in [0.15, 0.2) is 11.3 Å². The number of nitrogens with two attached hydrogens (primary N) is 1. The number of aromatic nitrogens is 5. The Kier molecular flexibility index (Phi) is 10.5. The third-order valence-corrected chi connectivity index (χ3v) is 7.47. The lowest BCUT2D eigenvalue weighted by Crippen LogP contribution is -2.38. The smallest absolute Gasteiger partial charge is 0.352 e. The molecular weight excluding hydrogens is 609 g/mol. The summed E-state index contributed by atoms with van der Waals surface area (Å²) in [5.41, 5.74) is 6.86. The number of imidazole rings is 1. The molecule has 1 saturated heterocycles. The van der Waals surface area contributed by atoms with Crippen LogP contribution in [0.3, 0.4) is 0 Å². The number of amides is 4. The second kappa shape index (κ2) is 14.2. The number of rotatable bonds is 6. The fraction of sp³-hybridized carbons (Fsp3) is 0.593. The molecule has 4 amide bonds. The van der Waals surface area contributed by atoms with Crippen LogP contribution < -0.4 is 21.7 Å². The summed E-state index contributed by atoms with van der Waals surface area (Å²) in [6.45, 7) is 0.118. The van der Waals surface area contributed by atoms with Crippen LogP contribution in [0, 0.1) is 5.92 Å². The van der Waals surface area contributed by atoms with Crippen LogP contribution in [-0.2, 0) is 17.8 Å². The molecule has 13 nitrogen and oxygen atoms in total. The van der Waals surface area contributed by atoms with E-state index in [0.717, 1.165) is 19.3 Å². The van der Waals surface area contributed by atoms with Gasteiger partial charge >= 0.3 is 12.2 Å². The predicted octanol–water partition coefficient (Wildman–Crippen LogP) is 3.40. The van der Waals surface area contributed by atoms with E-state index in [0.29, 0.717) is 35.4 Å². The Hall–Kier alpha value is -4.38. The lowest BCUT2D eigenvalue weighted by molar-refractivity contribution is -0.154. The van der Waals surface area contributed by atoms with Gasteiger partial charge in [-0.05, 0) is 55.3 Å². The van der Waals surface area contributed by atoms with Gasteiger partial charge in [0.05, 0.1) is 24.6 Å². The lowest BCUT2D eigenvalue weighted by atomic mass is 9.97. The summed E-state index contributed by atoms with van der Waals surface area (Å²) in [5, 5.41) is 18.6. The van der Waals surface area contributed by atoms with Crippen LogP contribution in [-0.4, -0.2) is 67.9 Å². The first-order chi connectivity index (χ1) is 21.3. The summed E-state index contributed by atoms with van der Waals surface area (Å²) in [6.07, 6.45) is 3.05. The Bertz CT molecular complexity index is 1480. The van der Waals surface area contributed by atoms with Crippen LogP contribution in [0.4, 0.5) is 26.7 Å². The number of hydrogen-bond acceptors (Lipinski definition) is 8. The zero-order valence-electron chi connectivity index (χ0n) is 24.4. The Balaban J connectivity index is 0.000000296. The van der Waals surface area contributed by atoms with E-state index in [9.17, 15) is 36.3 Å². The van der Waals surface area contributed by atoms with Crippen molar-refractivity contribution in [2.24, 2.45) is 11.7 Å². The van der Waals surface area contributed by atoms with Gasteiger partial charge in [-0.15, -0.1) is 0 Å². The van der Waals surface area contributed by atoms with Crippen molar-refractivity contribution in [2.45, 2.75) is 88.4 Å². The summed E-state index contributed by atoms with van der Waals surface area (Å²) >= 11 is 0. The van der Waals surface area contributed by atoms with Crippen molar-refractivity contribution in [2.75, 3.05) is 7.05 Å². The first-order valence-electron chi connectivity index (χ1n) is 14.4. The molecule has 2 saturated carbocycles. The molecule has 4 heterocycles. The van der Waals surface area contributed by atoms with Gasteiger partial charge in [0.25, 0.3) is 5.91 Å². The minimum absolute atomic E-state index is 0.118. The Morgan fingerprint density at radius 3 is 2.42 bits per heavy atom. The average molecular weight is 644 g/mol. The maximum atomic E-state index is 12.9. The fourth-order valence-corrected chi connectivity index (χ4v) is 4.88. The largest absolute Gasteiger partial charge is 0.408 e. The summed E-state index contributed by atoms with van der Waals surface area (Å²) in [7, 11) is 1.47. The highest BCUT2D eigenvalue weighted by molar-refractivity contribution is 5.93. The first kappa shape index (κ1) is 33.5. The maximum Gasteiger partial charge on any atom is 0.408 e. The topological polar surface area (TPSA) is 182 Å². The first-order valence-corrected chi connectivity index (χ1v) is 14.4. The van der Waals surface area contributed by atoms with Gasteiger partial charge in [0.2, 0.25) is 11.8 Å². The third kappa shape index (κ3) is 9.55. The molecule has 0 spiro atoms. The van der Waals surface area contributed by atoms with E-state index in [-0.39, 0.29) is 43.8 Å². The zero-order chi connectivity index (χ0) is 32.8. The van der Waals surface area contributed by atoms with E-state index in [2.05, 4.69) is 41.4 Å². The van der Waals surface area contributed by atoms with Crippen molar-refractivity contribution in [3.63, 3.8) is 0 Å². The van der Waals surface area contributed by atoms with Crippen molar-refractivity contribution in [3.8, 4) is 0 Å². The quantitative estimate of drug-likeness (QED) is 0.295. The highest BCUT2D eigenvalue weighted by Crippen LogP contribution is 2.40. The minimum atomic E-state index is -4.46. The molecule has 0 aromatic carbocycles. The van der Waals surface area contributed by atoms with Gasteiger partial charge in [-0.1, -0.05) is 11.6 Å². The molecular formula is C27H34F5N9O4. The number of urea groups is 1. The molecule has 5 N–H and O–H groups in total. The number of alkyl halides is 5. The molecule has 3 aromatic heterocycles. The fourth-order valence-electron chi connectivity index (χ4n) is 4.88. The van der Waals surface area contributed by atoms with E-state index >= 15 is 0 Å². The van der Waals surface area contributed by atoms with Gasteiger partial charge < -0.3 is 21.7 Å². The van der Waals surface area contributed by atoms with E-state index < -0.39 is 41.9 Å². The van der Waals surface area contributed by atoms with Crippen LogP contribution in [0.15, 0.2) is 23.1 Å². The highest BCUT2D eigenvalue weighted by atomic mass is 19.4. The lowest BCUT2D eigenvalue weighted by Gasteiger charge is -2.20. The Labute approximate surface area is 253 Å². The van der Waals surface area contributed by atoms with Crippen LogP contribution in [0.5, 0.6) is 0 Å². The molecule has 6 rings (SSSR count). The average Bonchev–Trinajstić information content (AvgIpc) is 3.37. The van der Waals surface area contributed by atoms with Crippen LogP contribution in [0.2, 0.25) is 0 Å². The normalized spacial score (nSPS) is 20.7. The van der Waals surface area contributed by atoms with Gasteiger partial charge in [-0.25, -0.2) is 27.7 Å². The van der Waals surface area contributed by atoms with Gasteiger partial charge in [-0.2, -0.15) is 18.3 Å². The van der Waals surface area contributed by atoms with Crippen molar-refractivity contribution < 1.29 is 41.0 Å². The SMILES string of the molecule is CNC(N)=O.FC1(F)CCCCC1.O=C(NCc1cn2ncc(CC3CC(C(F)(F)F)NC3=O)cc2n1)c1nonc1C1CC1. The number of primary amides is 1. The van der Waals surface area contributed by atoms with E-state index in [1.54, 1.807) is 12.3 Å². The van der Waals surface area contributed by atoms with Crippen LogP contribution >= 0.6 is 0 Å². The maximum absolute atomic E-state index is 12.9. The van der Waals surface area contributed by atoms with Crippen molar-refractivity contribution >= 4 is 23.5 Å². The summed E-state index contributed by atoms with van der Waals surface area (Å²) in [6, 6.07) is -0.650. The van der Waals surface area contributed by atoms with Crippen LogP contribution in [0.1, 0.15) is 84.7 Å². The van der Waals surface area contributed by atoms with Crippen molar-refractivity contribution in [3.05, 3.63) is 41.1 Å². The van der Waals surface area contributed by atoms with Gasteiger partial charge in [-0.3, -0.25) is 9.59 Å². The molecule has 246 valence electrons. The van der Waals surface area contributed by atoms with Crippen molar-refractivity contribution in [1.82, 2.24) is 40.9 Å². The molecule has 2 unspecified atom stereocenters. The molecule has 3 fully saturated rings. The van der Waals surface area contributed by atoms with Crippen molar-refractivity contribution in [1.29, 1.82) is 0 Å². The third-order valence-electron chi connectivity index (χ3n) is 7.47. The molecule has 1 aliphatic heterocycles. The van der Waals surface area contributed by atoms with E-state index in [1.807, 2.05) is 5.32 Å². The Morgan fingerprint density at radius 2 is 1.87 bits per heavy atom. The number of hydrogen-bond donors (Lipinski definition) is 4. The monoisotopic (exact) mass is 643 g/mol. The highest BCUT2D eigenvalue weighted by Gasteiger charge is 2.47. The van der Waals surface area contributed by atoms with Gasteiger partial charge in [0.1, 0.15) is 11.7 Å². The van der Waals surface area contributed by atoms with E-state index in [1.165, 1.54) is 17.8 Å². The number of carbonyl (C=O) groups is 3. The molecule has 18 heteroatoms. The second-order valence-corrected chi connectivity index (χ2v) is 11.1. The van der Waals surface area contributed by atoms with E-state index in [4.69, 9.17) is 0 Å². The molecule has 45 heavy (non-hydrogen) atoms. The predicted molar refractivity (Wildman–Crippen MR) is 147 cm³/mol. The van der Waals surface area contributed by atoms with Gasteiger partial charge in [0, 0.05) is 31.7 Å². The number of nitrogens with zero attached hydrogens (tertiary/aromatic N) is 5. The van der Waals surface area contributed by atoms with Crippen LogP contribution in [0.25, 0.3) is 5.65 Å². The zero-order valence-corrected chi connectivity index (χ0v) is 24.4. The summed E-state index contributed by atoms with van der Waals surface area (Å²) < 4.78 is 69.2. The summed E-state index contributed by atoms with van der Waals surface area (Å²) in [4.78, 5) is 38.2. The standard InChI is InChI=1S/C19H18F3N7O3.C6H10F2.C2H6N2O/c20-19(21,22)13-5-11(17(30)26-13)3-9-4-14-25-12(8-29(14)24-6-9)7-23-18(31)16-15(10-1-2-10)27-32-28-16;7-6(8)4-2-1-3-5-6;1-4-2(3)5/h4,6,8,10-11,13H,1-3,5,7H2,(H,23,31)(H,26,30);1-5H2;1H3,(H3,3,4,5). The molecule has 3 aromatic rings. The number of nitrogens with one attached hydrogen (secondary N) is 3. The number of carbonyl (C=O) groups excluding carboxylic acids is 3. The Morgan fingerprint density at radius 1 is 1.18 bits per heavy atom. The number of fused-ring (bicyclic) bond motifs is 1. The minimum Gasteiger partial charge on any atom is -0.352 e.